The summed E-state index contributed by atoms with van der Waals surface area (Å²) in [6, 6.07) is 15.2. The summed E-state index contributed by atoms with van der Waals surface area (Å²) in [5, 5.41) is 3.62. The third-order valence-corrected chi connectivity index (χ3v) is 3.59. The van der Waals surface area contributed by atoms with Gasteiger partial charge in [-0.05, 0) is 37.1 Å². The van der Waals surface area contributed by atoms with E-state index in [0.29, 0.717) is 6.04 Å². The van der Waals surface area contributed by atoms with Crippen LogP contribution < -0.4 is 5.32 Å². The van der Waals surface area contributed by atoms with Crippen LogP contribution in [0.25, 0.3) is 11.3 Å². The van der Waals surface area contributed by atoms with Crippen LogP contribution >= 0.6 is 0 Å². The van der Waals surface area contributed by atoms with Crippen LogP contribution in [-0.4, -0.2) is 11.5 Å². The molecule has 0 aliphatic carbocycles. The van der Waals surface area contributed by atoms with Crippen molar-refractivity contribution < 1.29 is 0 Å². The smallest absolute Gasteiger partial charge is 0.0705 e. The third-order valence-electron chi connectivity index (χ3n) is 3.59. The molecule has 92 valence electrons. The van der Waals surface area contributed by atoms with E-state index >= 15 is 0 Å². The molecule has 2 aromatic rings. The van der Waals surface area contributed by atoms with Gasteiger partial charge in [-0.15, -0.1) is 0 Å². The topological polar surface area (TPSA) is 24.9 Å². The molecule has 1 atom stereocenters. The van der Waals surface area contributed by atoms with Crippen LogP contribution in [0.1, 0.15) is 30.9 Å². The van der Waals surface area contributed by atoms with E-state index in [1.807, 2.05) is 18.3 Å². The van der Waals surface area contributed by atoms with E-state index in [0.717, 1.165) is 12.2 Å². The summed E-state index contributed by atoms with van der Waals surface area (Å²) in [6.45, 7) is 1.13. The van der Waals surface area contributed by atoms with Gasteiger partial charge in [-0.1, -0.05) is 36.8 Å². The highest BCUT2D eigenvalue weighted by molar-refractivity contribution is 5.64. The normalized spacial score (nSPS) is 19.7. The minimum Gasteiger partial charge on any atom is -0.310 e. The standard InChI is InChI=1S/C16H18N2/c1-2-8-14(16-10-4-6-12-18-16)13(7-1)15-9-3-5-11-17-15/h1-3,5,7-9,11,16,18H,4,6,10,12H2. The molecule has 0 amide bonds. The van der Waals surface area contributed by atoms with Crippen molar-refractivity contribution in [1.82, 2.24) is 10.3 Å². The number of nitrogens with one attached hydrogen (secondary N) is 1. The van der Waals surface area contributed by atoms with Gasteiger partial charge >= 0.3 is 0 Å². The molecule has 2 nitrogen and oxygen atoms in total. The van der Waals surface area contributed by atoms with E-state index in [1.54, 1.807) is 0 Å². The fourth-order valence-electron chi connectivity index (χ4n) is 2.67. The zero-order valence-electron chi connectivity index (χ0n) is 10.5. The summed E-state index contributed by atoms with van der Waals surface area (Å²) < 4.78 is 0. The third kappa shape index (κ3) is 2.29. The molecule has 1 unspecified atom stereocenters. The molecule has 1 aliphatic heterocycles. The second-order valence-corrected chi connectivity index (χ2v) is 4.80. The van der Waals surface area contributed by atoms with Gasteiger partial charge in [0.2, 0.25) is 0 Å². The monoisotopic (exact) mass is 238 g/mol. The lowest BCUT2D eigenvalue weighted by atomic mass is 9.92. The summed E-state index contributed by atoms with van der Waals surface area (Å²) in [5.74, 6) is 0. The zero-order chi connectivity index (χ0) is 12.2. The Hall–Kier alpha value is -1.67. The van der Waals surface area contributed by atoms with E-state index < -0.39 is 0 Å². The van der Waals surface area contributed by atoms with Crippen molar-refractivity contribution >= 4 is 0 Å². The molecular formula is C16H18N2. The zero-order valence-corrected chi connectivity index (χ0v) is 10.5. The van der Waals surface area contributed by atoms with Gasteiger partial charge in [-0.25, -0.2) is 0 Å². The Balaban J connectivity index is 1.99. The molecule has 1 aromatic carbocycles. The van der Waals surface area contributed by atoms with Gasteiger partial charge in [-0.2, -0.15) is 0 Å². The Bertz CT molecular complexity index is 502. The minimum absolute atomic E-state index is 0.483. The van der Waals surface area contributed by atoms with Crippen molar-refractivity contribution in [3.8, 4) is 11.3 Å². The molecule has 1 aromatic heterocycles. The highest BCUT2D eigenvalue weighted by Gasteiger charge is 2.18. The van der Waals surface area contributed by atoms with Gasteiger partial charge in [0.1, 0.15) is 0 Å². The maximum absolute atomic E-state index is 4.48. The van der Waals surface area contributed by atoms with Crippen molar-refractivity contribution in [3.63, 3.8) is 0 Å². The van der Waals surface area contributed by atoms with Crippen molar-refractivity contribution in [2.45, 2.75) is 25.3 Å². The van der Waals surface area contributed by atoms with Crippen molar-refractivity contribution in [2.24, 2.45) is 0 Å². The first kappa shape index (κ1) is 11.4. The quantitative estimate of drug-likeness (QED) is 0.865. The average Bonchev–Trinajstić information content (AvgIpc) is 2.49. The Labute approximate surface area is 108 Å². The molecule has 0 bridgehead atoms. The summed E-state index contributed by atoms with van der Waals surface area (Å²) in [5.41, 5.74) is 3.72. The van der Waals surface area contributed by atoms with Gasteiger partial charge in [-0.3, -0.25) is 4.98 Å². The van der Waals surface area contributed by atoms with Gasteiger partial charge < -0.3 is 5.32 Å². The first-order valence-electron chi connectivity index (χ1n) is 6.69. The number of rotatable bonds is 2. The predicted molar refractivity (Wildman–Crippen MR) is 74.3 cm³/mol. The number of piperidine rings is 1. The van der Waals surface area contributed by atoms with E-state index in [-0.39, 0.29) is 0 Å². The lowest BCUT2D eigenvalue weighted by molar-refractivity contribution is 0.413. The largest absolute Gasteiger partial charge is 0.310 e. The fraction of sp³-hybridized carbons (Fsp3) is 0.312. The SMILES string of the molecule is c1ccc(-c2ccccc2C2CCCCN2)nc1. The first-order valence-corrected chi connectivity index (χ1v) is 6.69. The molecule has 3 rings (SSSR count). The number of hydrogen-bond donors (Lipinski definition) is 1. The molecule has 0 radical (unpaired) electrons. The molecule has 1 saturated heterocycles. The lowest BCUT2D eigenvalue weighted by Crippen LogP contribution is -2.27. The van der Waals surface area contributed by atoms with Crippen molar-refractivity contribution in [3.05, 3.63) is 54.2 Å². The number of pyridine rings is 1. The summed E-state index contributed by atoms with van der Waals surface area (Å²) in [7, 11) is 0. The number of aromatic nitrogens is 1. The Morgan fingerprint density at radius 2 is 1.89 bits per heavy atom. The first-order chi connectivity index (χ1) is 8.95. The Morgan fingerprint density at radius 3 is 2.67 bits per heavy atom. The second kappa shape index (κ2) is 5.32. The molecule has 2 heterocycles. The van der Waals surface area contributed by atoms with Crippen LogP contribution in [-0.2, 0) is 0 Å². The van der Waals surface area contributed by atoms with Gasteiger partial charge in [0.05, 0.1) is 5.69 Å². The number of nitrogens with zero attached hydrogens (tertiary/aromatic N) is 1. The average molecular weight is 238 g/mol. The van der Waals surface area contributed by atoms with Gasteiger partial charge in [0.15, 0.2) is 0 Å². The molecule has 1 N–H and O–H groups in total. The maximum Gasteiger partial charge on any atom is 0.0705 e. The molecular weight excluding hydrogens is 220 g/mol. The molecule has 1 aliphatic rings. The van der Waals surface area contributed by atoms with E-state index in [2.05, 4.69) is 40.6 Å². The van der Waals surface area contributed by atoms with Gasteiger partial charge in [0.25, 0.3) is 0 Å². The van der Waals surface area contributed by atoms with Crippen LogP contribution in [0.3, 0.4) is 0 Å². The lowest BCUT2D eigenvalue weighted by Gasteiger charge is -2.25. The van der Waals surface area contributed by atoms with E-state index in [4.69, 9.17) is 0 Å². The van der Waals surface area contributed by atoms with Crippen LogP contribution in [0.5, 0.6) is 0 Å². The van der Waals surface area contributed by atoms with Crippen molar-refractivity contribution in [1.29, 1.82) is 0 Å². The highest BCUT2D eigenvalue weighted by atomic mass is 14.9. The molecule has 1 fully saturated rings. The molecule has 2 heteroatoms. The van der Waals surface area contributed by atoms with Gasteiger partial charge in [0, 0.05) is 17.8 Å². The predicted octanol–water partition coefficient (Wildman–Crippen LogP) is 3.56. The van der Waals surface area contributed by atoms with Crippen LogP contribution in [0.2, 0.25) is 0 Å². The number of hydrogen-bond acceptors (Lipinski definition) is 2. The van der Waals surface area contributed by atoms with Crippen LogP contribution in [0.15, 0.2) is 48.7 Å². The highest BCUT2D eigenvalue weighted by Crippen LogP contribution is 2.30. The second-order valence-electron chi connectivity index (χ2n) is 4.80. The molecule has 0 saturated carbocycles. The molecule has 0 spiro atoms. The minimum atomic E-state index is 0.483. The summed E-state index contributed by atoms with van der Waals surface area (Å²) in [6.07, 6.45) is 5.70. The van der Waals surface area contributed by atoms with Crippen molar-refractivity contribution in [2.75, 3.05) is 6.54 Å². The fourth-order valence-corrected chi connectivity index (χ4v) is 2.67. The Kier molecular flexibility index (Phi) is 3.37. The van der Waals surface area contributed by atoms with Crippen LogP contribution in [0.4, 0.5) is 0 Å². The van der Waals surface area contributed by atoms with E-state index in [9.17, 15) is 0 Å². The van der Waals surface area contributed by atoms with E-state index in [1.165, 1.54) is 30.4 Å². The number of benzene rings is 1. The summed E-state index contributed by atoms with van der Waals surface area (Å²) >= 11 is 0. The maximum atomic E-state index is 4.48. The summed E-state index contributed by atoms with van der Waals surface area (Å²) in [4.78, 5) is 4.48. The van der Waals surface area contributed by atoms with Crippen LogP contribution in [0, 0.1) is 0 Å². The molecule has 18 heavy (non-hydrogen) atoms. The Morgan fingerprint density at radius 1 is 1.00 bits per heavy atom.